The summed E-state index contributed by atoms with van der Waals surface area (Å²) in [6, 6.07) is 0. The molecule has 0 aromatic carbocycles. The zero-order valence-electron chi connectivity index (χ0n) is 41.9. The van der Waals surface area contributed by atoms with Crippen LogP contribution in [0.1, 0.15) is 290 Å². The summed E-state index contributed by atoms with van der Waals surface area (Å²) in [6.07, 6.45) is 64.5. The smallest absolute Gasteiger partial charge is 0.306 e. The topological polar surface area (TPSA) is 61.8 Å². The lowest BCUT2D eigenvalue weighted by molar-refractivity contribution is -0.163. The molecule has 0 rings (SSSR count). The van der Waals surface area contributed by atoms with E-state index in [1.165, 1.54) is 205 Å². The van der Waals surface area contributed by atoms with Gasteiger partial charge in [-0.05, 0) is 77.0 Å². The Labute approximate surface area is 387 Å². The summed E-state index contributed by atoms with van der Waals surface area (Å²) in [7, 11) is 0. The van der Waals surface area contributed by atoms with Gasteiger partial charge in [-0.3, -0.25) is 9.59 Å². The van der Waals surface area contributed by atoms with Crippen LogP contribution in [-0.2, 0) is 23.8 Å². The molecular formula is C57H106O5. The molecule has 5 heteroatoms. The summed E-state index contributed by atoms with van der Waals surface area (Å²) < 4.78 is 17.4. The summed E-state index contributed by atoms with van der Waals surface area (Å²) in [5.74, 6) is -0.395. The number of carbonyl (C=O) groups excluding carboxylic acids is 2. The van der Waals surface area contributed by atoms with E-state index in [-0.39, 0.29) is 25.2 Å². The minimum absolute atomic E-state index is 0.0853. The molecular weight excluding hydrogens is 765 g/mol. The number of ether oxygens (including phenoxy) is 3. The second-order valence-electron chi connectivity index (χ2n) is 18.5. The van der Waals surface area contributed by atoms with Gasteiger partial charge in [0.2, 0.25) is 0 Å². The first-order valence-corrected chi connectivity index (χ1v) is 27.5. The van der Waals surface area contributed by atoms with Crippen molar-refractivity contribution in [2.75, 3.05) is 19.8 Å². The normalized spacial score (nSPS) is 12.4. The van der Waals surface area contributed by atoms with Gasteiger partial charge < -0.3 is 14.2 Å². The number of unbranched alkanes of at least 4 members (excludes halogenated alkanes) is 34. The highest BCUT2D eigenvalue weighted by Crippen LogP contribution is 2.15. The van der Waals surface area contributed by atoms with E-state index in [0.717, 1.165) is 51.4 Å². The molecule has 0 spiro atoms. The van der Waals surface area contributed by atoms with E-state index in [0.29, 0.717) is 19.4 Å². The molecule has 0 bridgehead atoms. The molecule has 0 aliphatic rings. The van der Waals surface area contributed by atoms with Crippen LogP contribution in [0.4, 0.5) is 0 Å². The molecule has 0 saturated heterocycles. The largest absolute Gasteiger partial charge is 0.462 e. The van der Waals surface area contributed by atoms with Gasteiger partial charge in [0, 0.05) is 19.4 Å². The summed E-state index contributed by atoms with van der Waals surface area (Å²) in [5, 5.41) is 0. The predicted molar refractivity (Wildman–Crippen MR) is 270 cm³/mol. The van der Waals surface area contributed by atoms with Gasteiger partial charge in [-0.1, -0.05) is 237 Å². The number of allylic oxidation sites excluding steroid dienone is 6. The predicted octanol–water partition coefficient (Wildman–Crippen LogP) is 18.6. The van der Waals surface area contributed by atoms with Crippen molar-refractivity contribution in [2.24, 2.45) is 0 Å². The lowest BCUT2D eigenvalue weighted by atomic mass is 10.1. The van der Waals surface area contributed by atoms with Crippen molar-refractivity contribution in [2.45, 2.75) is 297 Å². The highest BCUT2D eigenvalue weighted by Gasteiger charge is 2.17. The molecule has 0 N–H and O–H groups in total. The molecule has 364 valence electrons. The molecule has 1 unspecified atom stereocenters. The van der Waals surface area contributed by atoms with E-state index in [9.17, 15) is 9.59 Å². The molecule has 0 saturated carbocycles. The van der Waals surface area contributed by atoms with Crippen molar-refractivity contribution in [3.8, 4) is 0 Å². The average Bonchev–Trinajstić information content (AvgIpc) is 3.27. The summed E-state index contributed by atoms with van der Waals surface area (Å²) in [4.78, 5) is 25.4. The quantitative estimate of drug-likeness (QED) is 0.0346. The van der Waals surface area contributed by atoms with Gasteiger partial charge in [-0.2, -0.15) is 0 Å². The van der Waals surface area contributed by atoms with Crippen LogP contribution in [0.25, 0.3) is 0 Å². The van der Waals surface area contributed by atoms with Crippen molar-refractivity contribution in [3.63, 3.8) is 0 Å². The number of rotatable bonds is 51. The number of hydrogen-bond donors (Lipinski definition) is 0. The first-order chi connectivity index (χ1) is 30.6. The highest BCUT2D eigenvalue weighted by molar-refractivity contribution is 5.70. The van der Waals surface area contributed by atoms with Gasteiger partial charge in [0.15, 0.2) is 6.10 Å². The molecule has 0 aliphatic carbocycles. The standard InChI is InChI=1S/C57H106O5/c1-4-7-10-13-16-19-21-23-25-27-28-29-31-33-35-37-40-43-46-49-52-60-53-55(62-57(59)51-48-45-42-38-18-15-12-9-6-3)54-61-56(58)50-47-44-41-39-36-34-32-30-26-24-22-20-17-14-11-8-5-2/h17,20,23-26,55H,4-16,18-19,21-22,27-54H2,1-3H3/b20-17-,25-23-,26-24-. The minimum atomic E-state index is -0.534. The Hall–Kier alpha value is -1.88. The highest BCUT2D eigenvalue weighted by atomic mass is 16.6. The average molecular weight is 871 g/mol. The first kappa shape index (κ1) is 60.1. The monoisotopic (exact) mass is 871 g/mol. The lowest BCUT2D eigenvalue weighted by Gasteiger charge is -2.18. The van der Waals surface area contributed by atoms with Gasteiger partial charge in [0.25, 0.3) is 0 Å². The molecule has 0 aromatic heterocycles. The Morgan fingerprint density at radius 1 is 0.355 bits per heavy atom. The van der Waals surface area contributed by atoms with Crippen molar-refractivity contribution >= 4 is 11.9 Å². The van der Waals surface area contributed by atoms with Crippen molar-refractivity contribution in [1.82, 2.24) is 0 Å². The maximum absolute atomic E-state index is 12.7. The summed E-state index contributed by atoms with van der Waals surface area (Å²) >= 11 is 0. The van der Waals surface area contributed by atoms with E-state index >= 15 is 0 Å². The van der Waals surface area contributed by atoms with Gasteiger partial charge in [-0.25, -0.2) is 0 Å². The Kier molecular flexibility index (Phi) is 51.8. The van der Waals surface area contributed by atoms with Crippen LogP contribution in [-0.4, -0.2) is 37.9 Å². The number of hydrogen-bond acceptors (Lipinski definition) is 5. The molecule has 5 nitrogen and oxygen atoms in total. The van der Waals surface area contributed by atoms with E-state index in [4.69, 9.17) is 14.2 Å². The second kappa shape index (κ2) is 53.5. The van der Waals surface area contributed by atoms with E-state index in [1.54, 1.807) is 0 Å². The molecule has 62 heavy (non-hydrogen) atoms. The Morgan fingerprint density at radius 2 is 0.677 bits per heavy atom. The van der Waals surface area contributed by atoms with Gasteiger partial charge in [-0.15, -0.1) is 0 Å². The van der Waals surface area contributed by atoms with Crippen LogP contribution in [0.5, 0.6) is 0 Å². The van der Waals surface area contributed by atoms with Crippen molar-refractivity contribution in [1.29, 1.82) is 0 Å². The summed E-state index contributed by atoms with van der Waals surface area (Å²) in [5.41, 5.74) is 0. The third kappa shape index (κ3) is 50.8. The first-order valence-electron chi connectivity index (χ1n) is 27.5. The van der Waals surface area contributed by atoms with Gasteiger partial charge >= 0.3 is 11.9 Å². The van der Waals surface area contributed by atoms with Crippen LogP contribution < -0.4 is 0 Å². The van der Waals surface area contributed by atoms with Crippen LogP contribution in [0, 0.1) is 0 Å². The fourth-order valence-corrected chi connectivity index (χ4v) is 8.01. The SMILES string of the molecule is CCCCC/C=C\C/C=C\CCCCCCCCCC(=O)OCC(COCCCCCCCCCCCC/C=C\CCCCCCCC)OC(=O)CCCCCCCCCCC. The molecule has 1 atom stereocenters. The Bertz CT molecular complexity index is 986. The fraction of sp³-hybridized carbons (Fsp3) is 0.860. The maximum atomic E-state index is 12.7. The third-order valence-electron chi connectivity index (χ3n) is 12.1. The molecule has 0 aliphatic heterocycles. The number of carbonyl (C=O) groups is 2. The van der Waals surface area contributed by atoms with E-state index < -0.39 is 6.10 Å². The third-order valence-corrected chi connectivity index (χ3v) is 12.1. The number of esters is 2. The van der Waals surface area contributed by atoms with Crippen LogP contribution >= 0.6 is 0 Å². The maximum Gasteiger partial charge on any atom is 0.306 e. The molecule has 0 heterocycles. The molecule has 0 amide bonds. The van der Waals surface area contributed by atoms with Crippen LogP contribution in [0.3, 0.4) is 0 Å². The van der Waals surface area contributed by atoms with Crippen molar-refractivity contribution < 1.29 is 23.8 Å². The molecule has 0 radical (unpaired) electrons. The van der Waals surface area contributed by atoms with Gasteiger partial charge in [0.1, 0.15) is 6.61 Å². The van der Waals surface area contributed by atoms with E-state index in [1.807, 2.05) is 0 Å². The van der Waals surface area contributed by atoms with Gasteiger partial charge in [0.05, 0.1) is 6.61 Å². The minimum Gasteiger partial charge on any atom is -0.462 e. The fourth-order valence-electron chi connectivity index (χ4n) is 8.01. The Balaban J connectivity index is 4.13. The zero-order valence-corrected chi connectivity index (χ0v) is 41.9. The van der Waals surface area contributed by atoms with E-state index in [2.05, 4.69) is 57.2 Å². The van der Waals surface area contributed by atoms with Crippen molar-refractivity contribution in [3.05, 3.63) is 36.5 Å². The lowest BCUT2D eigenvalue weighted by Crippen LogP contribution is -2.30. The summed E-state index contributed by atoms with van der Waals surface area (Å²) in [6.45, 7) is 7.82. The second-order valence-corrected chi connectivity index (χ2v) is 18.5. The van der Waals surface area contributed by atoms with Crippen LogP contribution in [0.15, 0.2) is 36.5 Å². The van der Waals surface area contributed by atoms with Crippen LogP contribution in [0.2, 0.25) is 0 Å². The Morgan fingerprint density at radius 3 is 1.11 bits per heavy atom. The zero-order chi connectivity index (χ0) is 44.9. The molecule has 0 aromatic rings. The molecule has 0 fully saturated rings.